The minimum atomic E-state index is -0.429. The molecule has 0 heterocycles. The van der Waals surface area contributed by atoms with Crippen LogP contribution in [0.4, 0.5) is 5.69 Å². The first kappa shape index (κ1) is 17.3. The summed E-state index contributed by atoms with van der Waals surface area (Å²) < 4.78 is 10.5. The molecule has 0 aliphatic heterocycles. The summed E-state index contributed by atoms with van der Waals surface area (Å²) in [7, 11) is 3.05. The second kappa shape index (κ2) is 7.96. The van der Waals surface area contributed by atoms with Crippen LogP contribution in [0.2, 0.25) is 0 Å². The Morgan fingerprint density at radius 2 is 1.88 bits per heavy atom. The fourth-order valence-corrected chi connectivity index (χ4v) is 2.51. The summed E-state index contributed by atoms with van der Waals surface area (Å²) in [5.74, 6) is 1.09. The van der Waals surface area contributed by atoms with Crippen LogP contribution in [0.1, 0.15) is 17.2 Å². The maximum Gasteiger partial charge on any atom is 0.272 e. The van der Waals surface area contributed by atoms with E-state index >= 15 is 0 Å². The smallest absolute Gasteiger partial charge is 0.272 e. The summed E-state index contributed by atoms with van der Waals surface area (Å²) in [6, 6.07) is 11.3. The second-order valence-corrected chi connectivity index (χ2v) is 5.04. The Hall–Kier alpha value is -3.09. The SMILES string of the molecule is COc1ccc([C@@H](Cc2ccccc2[N+](=O)[O-])NC=O)cc1OC. The Balaban J connectivity index is 2.37. The van der Waals surface area contributed by atoms with Crippen molar-refractivity contribution in [3.05, 3.63) is 63.7 Å². The fraction of sp³-hybridized carbons (Fsp3) is 0.235. The number of nitro benzene ring substituents is 1. The summed E-state index contributed by atoms with van der Waals surface area (Å²) in [5.41, 5.74) is 1.32. The minimum Gasteiger partial charge on any atom is -0.493 e. The van der Waals surface area contributed by atoms with E-state index in [1.807, 2.05) is 0 Å². The highest BCUT2D eigenvalue weighted by atomic mass is 16.6. The number of rotatable bonds is 8. The van der Waals surface area contributed by atoms with Crippen LogP contribution in [0.3, 0.4) is 0 Å². The van der Waals surface area contributed by atoms with E-state index in [1.54, 1.807) is 36.4 Å². The lowest BCUT2D eigenvalue weighted by atomic mass is 9.97. The normalized spacial score (nSPS) is 11.4. The molecule has 0 aliphatic rings. The average molecular weight is 330 g/mol. The van der Waals surface area contributed by atoms with Gasteiger partial charge in [0, 0.05) is 18.1 Å². The van der Waals surface area contributed by atoms with Gasteiger partial charge in [0.05, 0.1) is 25.2 Å². The van der Waals surface area contributed by atoms with E-state index in [9.17, 15) is 14.9 Å². The molecule has 24 heavy (non-hydrogen) atoms. The molecule has 0 aromatic heterocycles. The van der Waals surface area contributed by atoms with Crippen molar-refractivity contribution in [3.8, 4) is 11.5 Å². The molecule has 2 rings (SSSR count). The first-order valence-electron chi connectivity index (χ1n) is 7.24. The average Bonchev–Trinajstić information content (AvgIpc) is 2.61. The van der Waals surface area contributed by atoms with Gasteiger partial charge in [0.1, 0.15) is 0 Å². The molecule has 0 aliphatic carbocycles. The standard InChI is InChI=1S/C17H18N2O5/c1-23-16-8-7-12(10-17(16)24-2)14(18-11-20)9-13-5-3-4-6-15(13)19(21)22/h3-8,10-11,14H,9H2,1-2H3,(H,18,20)/t14-/m1/s1. The minimum absolute atomic E-state index is 0.0238. The number of para-hydroxylation sites is 1. The topological polar surface area (TPSA) is 90.7 Å². The molecule has 0 fully saturated rings. The van der Waals surface area contributed by atoms with E-state index in [4.69, 9.17) is 9.47 Å². The molecule has 7 heteroatoms. The summed E-state index contributed by atoms with van der Waals surface area (Å²) in [6.45, 7) is 0. The number of nitrogens with zero attached hydrogens (tertiary/aromatic N) is 1. The first-order valence-corrected chi connectivity index (χ1v) is 7.24. The molecule has 0 radical (unpaired) electrons. The molecule has 0 saturated carbocycles. The number of carbonyl (C=O) groups excluding carboxylic acids is 1. The molecular weight excluding hydrogens is 312 g/mol. The van der Waals surface area contributed by atoms with Crippen LogP contribution in [0, 0.1) is 10.1 Å². The van der Waals surface area contributed by atoms with Crippen LogP contribution in [-0.4, -0.2) is 25.6 Å². The number of hydrogen-bond acceptors (Lipinski definition) is 5. The number of ether oxygens (including phenoxy) is 2. The van der Waals surface area contributed by atoms with Crippen LogP contribution in [0.25, 0.3) is 0 Å². The number of hydrogen-bond donors (Lipinski definition) is 1. The van der Waals surface area contributed by atoms with Crippen LogP contribution < -0.4 is 14.8 Å². The fourth-order valence-electron chi connectivity index (χ4n) is 2.51. The monoisotopic (exact) mass is 330 g/mol. The van der Waals surface area contributed by atoms with Gasteiger partial charge in [-0.2, -0.15) is 0 Å². The molecule has 7 nitrogen and oxygen atoms in total. The maximum absolute atomic E-state index is 11.2. The Morgan fingerprint density at radius 1 is 1.17 bits per heavy atom. The summed E-state index contributed by atoms with van der Waals surface area (Å²) in [6.07, 6.45) is 0.863. The lowest BCUT2D eigenvalue weighted by Crippen LogP contribution is -2.22. The third kappa shape index (κ3) is 3.81. The summed E-state index contributed by atoms with van der Waals surface area (Å²) >= 11 is 0. The Bertz CT molecular complexity index is 733. The van der Waals surface area contributed by atoms with Crippen LogP contribution in [0.15, 0.2) is 42.5 Å². The predicted octanol–water partition coefficient (Wildman–Crippen LogP) is 2.64. The molecule has 1 N–H and O–H groups in total. The molecule has 126 valence electrons. The predicted molar refractivity (Wildman–Crippen MR) is 88.3 cm³/mol. The number of benzene rings is 2. The largest absolute Gasteiger partial charge is 0.493 e. The number of nitro groups is 1. The summed E-state index contributed by atoms with van der Waals surface area (Å²) in [4.78, 5) is 21.7. The first-order chi connectivity index (χ1) is 11.6. The zero-order chi connectivity index (χ0) is 17.5. The molecule has 0 bridgehead atoms. The van der Waals surface area contributed by atoms with Gasteiger partial charge in [0.15, 0.2) is 11.5 Å². The maximum atomic E-state index is 11.2. The van der Waals surface area contributed by atoms with Crippen LogP contribution >= 0.6 is 0 Å². The lowest BCUT2D eigenvalue weighted by Gasteiger charge is -2.18. The molecule has 0 spiro atoms. The number of nitrogens with one attached hydrogen (secondary N) is 1. The van der Waals surface area contributed by atoms with Crippen molar-refractivity contribution in [2.75, 3.05) is 14.2 Å². The van der Waals surface area contributed by atoms with E-state index < -0.39 is 11.0 Å². The van der Waals surface area contributed by atoms with Crippen molar-refractivity contribution in [2.45, 2.75) is 12.5 Å². The molecule has 1 atom stereocenters. The molecule has 0 unspecified atom stereocenters. The Morgan fingerprint density at radius 3 is 2.50 bits per heavy atom. The van der Waals surface area contributed by atoms with Crippen LogP contribution in [-0.2, 0) is 11.2 Å². The molecule has 0 saturated heterocycles. The number of amides is 1. The van der Waals surface area contributed by atoms with Gasteiger partial charge in [-0.1, -0.05) is 24.3 Å². The third-order valence-corrected chi connectivity index (χ3v) is 3.69. The van der Waals surface area contributed by atoms with E-state index in [0.717, 1.165) is 5.56 Å². The second-order valence-electron chi connectivity index (χ2n) is 5.04. The van der Waals surface area contributed by atoms with Crippen molar-refractivity contribution in [1.82, 2.24) is 5.32 Å². The zero-order valence-electron chi connectivity index (χ0n) is 13.4. The third-order valence-electron chi connectivity index (χ3n) is 3.69. The van der Waals surface area contributed by atoms with E-state index in [-0.39, 0.29) is 12.1 Å². The highest BCUT2D eigenvalue weighted by molar-refractivity contribution is 5.51. The van der Waals surface area contributed by atoms with Crippen molar-refractivity contribution in [2.24, 2.45) is 0 Å². The Labute approximate surface area is 139 Å². The van der Waals surface area contributed by atoms with Crippen molar-refractivity contribution in [1.29, 1.82) is 0 Å². The molecule has 2 aromatic carbocycles. The molecular formula is C17H18N2O5. The van der Waals surface area contributed by atoms with Crippen LogP contribution in [0.5, 0.6) is 11.5 Å². The lowest BCUT2D eigenvalue weighted by molar-refractivity contribution is -0.385. The van der Waals surface area contributed by atoms with Crippen molar-refractivity contribution >= 4 is 12.1 Å². The highest BCUT2D eigenvalue weighted by Crippen LogP contribution is 2.32. The molecule has 2 aromatic rings. The number of methoxy groups -OCH3 is 2. The van der Waals surface area contributed by atoms with Gasteiger partial charge >= 0.3 is 0 Å². The van der Waals surface area contributed by atoms with Gasteiger partial charge in [-0.3, -0.25) is 14.9 Å². The van der Waals surface area contributed by atoms with Gasteiger partial charge in [0.25, 0.3) is 5.69 Å². The highest BCUT2D eigenvalue weighted by Gasteiger charge is 2.19. The van der Waals surface area contributed by atoms with E-state index in [0.29, 0.717) is 23.5 Å². The Kier molecular flexibility index (Phi) is 5.73. The van der Waals surface area contributed by atoms with E-state index in [2.05, 4.69) is 5.32 Å². The van der Waals surface area contributed by atoms with Gasteiger partial charge in [-0.15, -0.1) is 0 Å². The van der Waals surface area contributed by atoms with Crippen molar-refractivity contribution < 1.29 is 19.2 Å². The van der Waals surface area contributed by atoms with Gasteiger partial charge in [0.2, 0.25) is 6.41 Å². The van der Waals surface area contributed by atoms with E-state index in [1.165, 1.54) is 20.3 Å². The van der Waals surface area contributed by atoms with Gasteiger partial charge in [-0.25, -0.2) is 0 Å². The summed E-state index contributed by atoms with van der Waals surface area (Å²) in [5, 5.41) is 13.9. The number of carbonyl (C=O) groups is 1. The quantitative estimate of drug-likeness (QED) is 0.456. The molecule has 1 amide bonds. The van der Waals surface area contributed by atoms with Crippen molar-refractivity contribution in [3.63, 3.8) is 0 Å². The van der Waals surface area contributed by atoms with Gasteiger partial charge < -0.3 is 14.8 Å². The zero-order valence-corrected chi connectivity index (χ0v) is 13.4. The van der Waals surface area contributed by atoms with Gasteiger partial charge in [-0.05, 0) is 17.7 Å².